The number of carbonyl (C=O) groups is 1. The molecule has 4 heterocycles. The number of rotatable bonds is 4. The lowest BCUT2D eigenvalue weighted by atomic mass is 9.97. The second-order valence-corrected chi connectivity index (χ2v) is 10.3. The van der Waals surface area contributed by atoms with Gasteiger partial charge in [0.25, 0.3) is 0 Å². The maximum absolute atomic E-state index is 13.1. The van der Waals surface area contributed by atoms with E-state index in [-0.39, 0.29) is 17.9 Å². The van der Waals surface area contributed by atoms with Gasteiger partial charge in [-0.05, 0) is 31.4 Å². The summed E-state index contributed by atoms with van der Waals surface area (Å²) < 4.78 is 34.8. The van der Waals surface area contributed by atoms with Gasteiger partial charge in [-0.15, -0.1) is 14.5 Å². The van der Waals surface area contributed by atoms with Gasteiger partial charge < -0.3 is 18.8 Å². The number of ether oxygens (including phenoxy) is 1. The van der Waals surface area contributed by atoms with Gasteiger partial charge in [-0.3, -0.25) is 4.79 Å². The average Bonchev–Trinajstić information content (AvgIpc) is 3.42. The van der Waals surface area contributed by atoms with Crippen molar-refractivity contribution in [2.24, 2.45) is 0 Å². The molecule has 166 valence electrons. The maximum atomic E-state index is 13.1. The third-order valence-electron chi connectivity index (χ3n) is 6.55. The van der Waals surface area contributed by atoms with Crippen LogP contribution in [-0.2, 0) is 30.6 Å². The molecule has 1 amide bonds. The number of sulfonamides is 1. The summed E-state index contributed by atoms with van der Waals surface area (Å²) in [5.41, 5.74) is 0. The Hall–Kier alpha value is -2.14. The third kappa shape index (κ3) is 3.82. The Balaban J connectivity index is 1.30. The summed E-state index contributed by atoms with van der Waals surface area (Å²) in [6, 6.07) is 8.30. The molecule has 9 nitrogen and oxygen atoms in total. The van der Waals surface area contributed by atoms with Crippen LogP contribution in [0.1, 0.15) is 42.9 Å². The molecule has 31 heavy (non-hydrogen) atoms. The second-order valence-electron chi connectivity index (χ2n) is 8.33. The van der Waals surface area contributed by atoms with Crippen LogP contribution in [0.4, 0.5) is 0 Å². The molecule has 2 atom stereocenters. The highest BCUT2D eigenvalue weighted by atomic mass is 32.3. The van der Waals surface area contributed by atoms with Crippen LogP contribution in [0.2, 0.25) is 0 Å². The van der Waals surface area contributed by atoms with Gasteiger partial charge in [-0.25, -0.2) is 0 Å². The molecule has 0 radical (unpaired) electrons. The van der Waals surface area contributed by atoms with Crippen molar-refractivity contribution in [1.82, 2.24) is 24.0 Å². The van der Waals surface area contributed by atoms with Crippen molar-refractivity contribution in [3.63, 3.8) is 0 Å². The van der Waals surface area contributed by atoms with E-state index in [0.29, 0.717) is 57.1 Å². The van der Waals surface area contributed by atoms with Crippen molar-refractivity contribution in [2.45, 2.75) is 42.5 Å². The smallest absolute Gasteiger partial charge is 0.245 e. The molecule has 0 aliphatic carbocycles. The van der Waals surface area contributed by atoms with Crippen LogP contribution in [0, 0.1) is 0 Å². The lowest BCUT2D eigenvalue weighted by Crippen LogP contribution is -2.44. The highest BCUT2D eigenvalue weighted by molar-refractivity contribution is 7.95. The van der Waals surface area contributed by atoms with E-state index in [1.807, 2.05) is 15.5 Å². The Morgan fingerprint density at radius 2 is 1.74 bits per heavy atom. The van der Waals surface area contributed by atoms with Gasteiger partial charge in [-0.2, -0.15) is 0 Å². The van der Waals surface area contributed by atoms with Crippen molar-refractivity contribution < 1.29 is 18.3 Å². The van der Waals surface area contributed by atoms with E-state index >= 15 is 0 Å². The van der Waals surface area contributed by atoms with E-state index in [0.717, 1.165) is 24.5 Å². The summed E-state index contributed by atoms with van der Waals surface area (Å²) in [7, 11) is -3.49. The SMILES string of the molecule is O=C(C1CCc2nnc(C3CCN([S+](=O)([O-])c4ccccc4)CC3)n21)N1CCOCC1. The lowest BCUT2D eigenvalue weighted by molar-refractivity contribution is -0.138. The molecule has 2 saturated heterocycles. The van der Waals surface area contributed by atoms with Crippen molar-refractivity contribution in [3.05, 3.63) is 42.0 Å². The number of hydrogen-bond donors (Lipinski definition) is 0. The fourth-order valence-electron chi connectivity index (χ4n) is 4.85. The monoisotopic (exact) mass is 445 g/mol. The van der Waals surface area contributed by atoms with Crippen molar-refractivity contribution in [2.75, 3.05) is 39.4 Å². The molecule has 1 aromatic carbocycles. The number of hydrogen-bond acceptors (Lipinski definition) is 6. The number of carbonyl (C=O) groups excluding carboxylic acids is 1. The highest BCUT2D eigenvalue weighted by Crippen LogP contribution is 2.36. The minimum atomic E-state index is -3.49. The van der Waals surface area contributed by atoms with Crippen molar-refractivity contribution in [3.8, 4) is 0 Å². The quantitative estimate of drug-likeness (QED) is 0.659. The molecule has 2 fully saturated rings. The molecule has 2 aromatic rings. The van der Waals surface area contributed by atoms with E-state index in [2.05, 4.69) is 10.2 Å². The summed E-state index contributed by atoms with van der Waals surface area (Å²) in [6.07, 6.45) is 2.83. The van der Waals surface area contributed by atoms with Crippen LogP contribution in [0.25, 0.3) is 0 Å². The zero-order valence-corrected chi connectivity index (χ0v) is 18.2. The van der Waals surface area contributed by atoms with E-state index in [1.165, 1.54) is 0 Å². The average molecular weight is 446 g/mol. The summed E-state index contributed by atoms with van der Waals surface area (Å²) in [5.74, 6) is 1.91. The van der Waals surface area contributed by atoms with E-state index in [9.17, 15) is 13.6 Å². The summed E-state index contributed by atoms with van der Waals surface area (Å²) in [4.78, 5) is 15.3. The van der Waals surface area contributed by atoms with E-state index in [4.69, 9.17) is 4.74 Å². The molecule has 0 N–H and O–H groups in total. The first kappa shape index (κ1) is 20.7. The summed E-state index contributed by atoms with van der Waals surface area (Å²) in [5, 5.41) is 8.78. The number of nitrogens with zero attached hydrogens (tertiary/aromatic N) is 5. The van der Waals surface area contributed by atoms with Gasteiger partial charge in [0.15, 0.2) is 15.3 Å². The lowest BCUT2D eigenvalue weighted by Gasteiger charge is -2.34. The first-order valence-corrected chi connectivity index (χ1v) is 12.3. The van der Waals surface area contributed by atoms with Crippen LogP contribution < -0.4 is 0 Å². The Morgan fingerprint density at radius 1 is 1.03 bits per heavy atom. The predicted octanol–water partition coefficient (Wildman–Crippen LogP) is 1.41. The first-order valence-electron chi connectivity index (χ1n) is 10.9. The number of benzene rings is 1. The molecule has 0 spiro atoms. The van der Waals surface area contributed by atoms with Crippen molar-refractivity contribution in [1.29, 1.82) is 0 Å². The topological polar surface area (TPSA) is 104 Å². The van der Waals surface area contributed by atoms with Crippen LogP contribution in [-0.4, -0.2) is 73.8 Å². The normalized spacial score (nSPS) is 24.7. The summed E-state index contributed by atoms with van der Waals surface area (Å²) >= 11 is 0. The van der Waals surface area contributed by atoms with Crippen LogP contribution in [0.3, 0.4) is 0 Å². The zero-order valence-electron chi connectivity index (χ0n) is 17.4. The fraction of sp³-hybridized carbons (Fsp3) is 0.571. The number of aromatic nitrogens is 3. The Morgan fingerprint density at radius 3 is 2.45 bits per heavy atom. The van der Waals surface area contributed by atoms with E-state index in [1.54, 1.807) is 28.6 Å². The summed E-state index contributed by atoms with van der Waals surface area (Å²) in [6.45, 7) is 3.28. The first-order chi connectivity index (χ1) is 15.1. The molecule has 3 aliphatic rings. The second kappa shape index (κ2) is 8.42. The van der Waals surface area contributed by atoms with Crippen LogP contribution in [0.5, 0.6) is 0 Å². The van der Waals surface area contributed by atoms with E-state index < -0.39 is 10.4 Å². The Kier molecular flexibility index (Phi) is 5.63. The van der Waals surface area contributed by atoms with Gasteiger partial charge in [-0.1, -0.05) is 22.4 Å². The Labute approximate surface area is 182 Å². The third-order valence-corrected chi connectivity index (χ3v) is 8.47. The number of fused-ring (bicyclic) bond motifs is 1. The predicted molar refractivity (Wildman–Crippen MR) is 112 cm³/mol. The van der Waals surface area contributed by atoms with Gasteiger partial charge in [0.1, 0.15) is 17.7 Å². The van der Waals surface area contributed by atoms with Gasteiger partial charge in [0.05, 0.1) is 13.2 Å². The molecule has 0 bridgehead atoms. The molecular formula is C21H27N5O4S. The number of amides is 1. The molecule has 3 aliphatic heterocycles. The van der Waals surface area contributed by atoms with Crippen LogP contribution >= 0.6 is 0 Å². The minimum absolute atomic E-state index is 0.0987. The van der Waals surface area contributed by atoms with Crippen molar-refractivity contribution >= 4 is 16.3 Å². The molecule has 10 heteroatoms. The number of morpholine rings is 1. The van der Waals surface area contributed by atoms with Crippen LogP contribution in [0.15, 0.2) is 35.2 Å². The van der Waals surface area contributed by atoms with Gasteiger partial charge in [0.2, 0.25) is 5.91 Å². The molecule has 1 aromatic heterocycles. The standard InChI is InChI=1S/C21H27N5O4S/c27-21(24-12-14-30-15-13-24)18-6-7-19-22-23-20(26(18)19)16-8-10-25(11-9-16)31(28,29)17-4-2-1-3-5-17/h1-5,16,18H,6-15H2. The molecule has 5 rings (SSSR count). The Bertz CT molecular complexity index is 983. The molecular weight excluding hydrogens is 418 g/mol. The van der Waals surface area contributed by atoms with Gasteiger partial charge in [0, 0.05) is 38.5 Å². The minimum Gasteiger partial charge on any atom is -0.593 e. The van der Waals surface area contributed by atoms with Gasteiger partial charge >= 0.3 is 0 Å². The fourth-order valence-corrected chi connectivity index (χ4v) is 6.34. The largest absolute Gasteiger partial charge is 0.593 e. The zero-order chi connectivity index (χ0) is 21.4. The number of aryl methyl sites for hydroxylation is 1. The molecule has 2 unspecified atom stereocenters. The maximum Gasteiger partial charge on any atom is 0.245 e. The highest BCUT2D eigenvalue weighted by Gasteiger charge is 2.40. The number of piperidine rings is 1. The molecule has 0 saturated carbocycles.